The maximum atomic E-state index is 14.7. The molecule has 2 aliphatic rings. The summed E-state index contributed by atoms with van der Waals surface area (Å²) < 4.78 is 39.8. The molecule has 2 aromatic rings. The third-order valence-electron chi connectivity index (χ3n) is 5.52. The second-order valence-electron chi connectivity index (χ2n) is 7.54. The summed E-state index contributed by atoms with van der Waals surface area (Å²) in [7, 11) is 4.94. The Morgan fingerprint density at radius 1 is 1.32 bits per heavy atom. The molecule has 152 valence electrons. The third kappa shape index (κ3) is 3.10. The average Bonchev–Trinajstić information content (AvgIpc) is 3.18. The van der Waals surface area contributed by atoms with Crippen LogP contribution in [0.2, 0.25) is 5.15 Å². The lowest BCUT2D eigenvalue weighted by Gasteiger charge is -2.30. The third-order valence-corrected chi connectivity index (χ3v) is 5.77. The van der Waals surface area contributed by atoms with Crippen LogP contribution in [0.25, 0.3) is 10.9 Å². The summed E-state index contributed by atoms with van der Waals surface area (Å²) >= 11 is 5.90. The lowest BCUT2D eigenvalue weighted by Crippen LogP contribution is -2.43. The van der Waals surface area contributed by atoms with Crippen LogP contribution >= 0.6 is 11.6 Å². The van der Waals surface area contributed by atoms with Crippen LogP contribution in [0.1, 0.15) is 19.3 Å². The smallest absolute Gasteiger partial charge is 0.319 e. The number of nitrogens with zero attached hydrogens (tertiary/aromatic N) is 5. The summed E-state index contributed by atoms with van der Waals surface area (Å²) in [5.74, 6) is -0.234. The van der Waals surface area contributed by atoms with Crippen LogP contribution in [0.15, 0.2) is 0 Å². The molecule has 0 aliphatic carbocycles. The van der Waals surface area contributed by atoms with E-state index in [1.165, 1.54) is 7.11 Å². The number of aromatic nitrogens is 3. The van der Waals surface area contributed by atoms with E-state index in [0.717, 1.165) is 19.4 Å². The number of alkyl halides is 1. The molecule has 0 spiro atoms. The first kappa shape index (κ1) is 19.3. The van der Waals surface area contributed by atoms with E-state index in [0.29, 0.717) is 24.2 Å². The van der Waals surface area contributed by atoms with Gasteiger partial charge in [0.25, 0.3) is 0 Å². The zero-order valence-electron chi connectivity index (χ0n) is 16.0. The van der Waals surface area contributed by atoms with Crippen molar-refractivity contribution in [3.8, 4) is 11.9 Å². The molecule has 4 rings (SSSR count). The number of pyridine rings is 1. The number of hydrogen-bond acceptors (Lipinski definition) is 7. The number of halogens is 3. The van der Waals surface area contributed by atoms with Crippen LogP contribution in [-0.4, -0.2) is 72.5 Å². The van der Waals surface area contributed by atoms with Gasteiger partial charge in [-0.15, -0.1) is 0 Å². The standard InChI is InChI=1S/C18H22ClF2N5O2/c1-25(2)15-11-13(12(21)14(19)23-16(11)27-3)22-17(24-15)28-9-18-5-4-6-26(18)8-10(20)7-18/h10H,4-9H2,1-3H3/t10-,18+/m1/s1. The quantitative estimate of drug-likeness (QED) is 0.698. The van der Waals surface area contributed by atoms with Crippen molar-refractivity contribution in [2.75, 3.05) is 45.8 Å². The monoisotopic (exact) mass is 413 g/mol. The zero-order chi connectivity index (χ0) is 20.1. The van der Waals surface area contributed by atoms with E-state index in [4.69, 9.17) is 21.1 Å². The Labute approximate surface area is 166 Å². The summed E-state index contributed by atoms with van der Waals surface area (Å²) in [4.78, 5) is 16.4. The summed E-state index contributed by atoms with van der Waals surface area (Å²) in [5, 5.41) is -0.0255. The number of methoxy groups -OCH3 is 1. The van der Waals surface area contributed by atoms with E-state index in [1.807, 2.05) is 0 Å². The molecule has 0 amide bonds. The molecule has 0 unspecified atom stereocenters. The topological polar surface area (TPSA) is 63.6 Å². The molecule has 2 aromatic heterocycles. The summed E-state index contributed by atoms with van der Waals surface area (Å²) in [6.07, 6.45) is 1.44. The average molecular weight is 414 g/mol. The van der Waals surface area contributed by atoms with Crippen molar-refractivity contribution < 1.29 is 18.3 Å². The molecule has 0 saturated carbocycles. The highest BCUT2D eigenvalue weighted by atomic mass is 35.5. The van der Waals surface area contributed by atoms with E-state index in [9.17, 15) is 8.78 Å². The van der Waals surface area contributed by atoms with Crippen molar-refractivity contribution >= 4 is 28.3 Å². The number of ether oxygens (including phenoxy) is 2. The molecular formula is C18H22ClF2N5O2. The van der Waals surface area contributed by atoms with E-state index in [2.05, 4.69) is 19.9 Å². The van der Waals surface area contributed by atoms with Crippen LogP contribution in [0.5, 0.6) is 11.9 Å². The van der Waals surface area contributed by atoms with Crippen LogP contribution < -0.4 is 14.4 Å². The highest BCUT2D eigenvalue weighted by Crippen LogP contribution is 2.41. The van der Waals surface area contributed by atoms with Crippen LogP contribution in [0, 0.1) is 5.82 Å². The second kappa shape index (κ2) is 7.11. The van der Waals surface area contributed by atoms with Gasteiger partial charge in [-0.2, -0.15) is 15.0 Å². The lowest BCUT2D eigenvalue weighted by atomic mass is 9.95. The first-order valence-electron chi connectivity index (χ1n) is 9.14. The Kier molecular flexibility index (Phi) is 4.91. The lowest BCUT2D eigenvalue weighted by molar-refractivity contribution is 0.107. The van der Waals surface area contributed by atoms with Gasteiger partial charge in [-0.25, -0.2) is 8.78 Å². The second-order valence-corrected chi connectivity index (χ2v) is 7.90. The van der Waals surface area contributed by atoms with Gasteiger partial charge in [0.1, 0.15) is 29.5 Å². The highest BCUT2D eigenvalue weighted by molar-refractivity contribution is 6.30. The molecule has 28 heavy (non-hydrogen) atoms. The van der Waals surface area contributed by atoms with E-state index in [-0.39, 0.29) is 34.7 Å². The minimum absolute atomic E-state index is 0.0166. The molecule has 0 bridgehead atoms. The molecule has 2 atom stereocenters. The van der Waals surface area contributed by atoms with E-state index >= 15 is 0 Å². The minimum Gasteiger partial charge on any atom is -0.480 e. The fraction of sp³-hybridized carbons (Fsp3) is 0.611. The summed E-state index contributed by atoms with van der Waals surface area (Å²) in [6.45, 7) is 1.54. The van der Waals surface area contributed by atoms with Gasteiger partial charge in [0, 0.05) is 27.1 Å². The molecule has 0 N–H and O–H groups in total. The molecule has 7 nitrogen and oxygen atoms in total. The zero-order valence-corrected chi connectivity index (χ0v) is 16.8. The van der Waals surface area contributed by atoms with Crippen molar-refractivity contribution in [3.05, 3.63) is 11.0 Å². The van der Waals surface area contributed by atoms with Gasteiger partial charge in [-0.3, -0.25) is 4.90 Å². The Balaban J connectivity index is 1.73. The molecule has 2 fully saturated rings. The Hall–Kier alpha value is -2.00. The fourth-order valence-corrected chi connectivity index (χ4v) is 4.43. The van der Waals surface area contributed by atoms with E-state index < -0.39 is 12.0 Å². The van der Waals surface area contributed by atoms with E-state index in [1.54, 1.807) is 19.0 Å². The number of anilines is 1. The first-order chi connectivity index (χ1) is 13.3. The maximum absolute atomic E-state index is 14.7. The summed E-state index contributed by atoms with van der Waals surface area (Å²) in [6, 6.07) is 0.0166. The molecule has 2 aliphatic heterocycles. The molecule has 0 aromatic carbocycles. The van der Waals surface area contributed by atoms with Crippen LogP contribution in [0.3, 0.4) is 0 Å². The number of fused-ring (bicyclic) bond motifs is 2. The van der Waals surface area contributed by atoms with Gasteiger partial charge < -0.3 is 14.4 Å². The van der Waals surface area contributed by atoms with Gasteiger partial charge >= 0.3 is 6.01 Å². The van der Waals surface area contributed by atoms with Gasteiger partial charge in [-0.1, -0.05) is 11.6 Å². The van der Waals surface area contributed by atoms with Crippen molar-refractivity contribution in [1.82, 2.24) is 19.9 Å². The molecular weight excluding hydrogens is 392 g/mol. The van der Waals surface area contributed by atoms with Gasteiger partial charge in [-0.05, 0) is 19.4 Å². The SMILES string of the molecule is COc1nc(Cl)c(F)c2nc(OC[C@@]34CCCN3C[C@H](F)C4)nc(N(C)C)c12. The predicted octanol–water partition coefficient (Wildman–Crippen LogP) is 2.85. The van der Waals surface area contributed by atoms with Crippen molar-refractivity contribution in [1.29, 1.82) is 0 Å². The minimum atomic E-state index is -0.856. The van der Waals surface area contributed by atoms with Gasteiger partial charge in [0.05, 0.1) is 12.6 Å². The fourth-order valence-electron chi connectivity index (χ4n) is 4.26. The van der Waals surface area contributed by atoms with Gasteiger partial charge in [0.15, 0.2) is 11.0 Å². The Bertz CT molecular complexity index is 915. The largest absolute Gasteiger partial charge is 0.480 e. The van der Waals surface area contributed by atoms with Crippen LogP contribution in [0.4, 0.5) is 14.6 Å². The van der Waals surface area contributed by atoms with Crippen LogP contribution in [-0.2, 0) is 0 Å². The summed E-state index contributed by atoms with van der Waals surface area (Å²) in [5.41, 5.74) is -0.372. The van der Waals surface area contributed by atoms with Gasteiger partial charge in [0.2, 0.25) is 5.88 Å². The molecule has 10 heteroatoms. The van der Waals surface area contributed by atoms with Crippen molar-refractivity contribution in [3.63, 3.8) is 0 Å². The normalized spacial score (nSPS) is 24.6. The van der Waals surface area contributed by atoms with Crippen molar-refractivity contribution in [2.45, 2.75) is 31.0 Å². The maximum Gasteiger partial charge on any atom is 0.319 e. The molecule has 2 saturated heterocycles. The number of hydrogen-bond donors (Lipinski definition) is 0. The predicted molar refractivity (Wildman–Crippen MR) is 102 cm³/mol. The Morgan fingerprint density at radius 2 is 2.11 bits per heavy atom. The Morgan fingerprint density at radius 3 is 2.82 bits per heavy atom. The van der Waals surface area contributed by atoms with Crippen molar-refractivity contribution in [2.24, 2.45) is 0 Å². The first-order valence-corrected chi connectivity index (χ1v) is 9.52. The molecule has 4 heterocycles. The highest BCUT2D eigenvalue weighted by Gasteiger charge is 2.49. The number of rotatable bonds is 5. The molecule has 0 radical (unpaired) electrons.